The molecule has 4 rings (SSSR count). The van der Waals surface area contributed by atoms with E-state index in [-0.39, 0.29) is 21.2 Å². The molecule has 1 aliphatic heterocycles. The molecule has 0 bridgehead atoms. The summed E-state index contributed by atoms with van der Waals surface area (Å²) in [6.45, 7) is 9.20. The van der Waals surface area contributed by atoms with Gasteiger partial charge in [-0.05, 0) is 61.9 Å². The van der Waals surface area contributed by atoms with E-state index >= 15 is 8.78 Å². The van der Waals surface area contributed by atoms with Crippen LogP contribution in [0.4, 0.5) is 8.78 Å². The van der Waals surface area contributed by atoms with Gasteiger partial charge >= 0.3 is 5.97 Å². The highest BCUT2D eigenvalue weighted by molar-refractivity contribution is 6.31. The Balaban J connectivity index is 2.00. The Labute approximate surface area is 244 Å². The quantitative estimate of drug-likeness (QED) is 0.299. The van der Waals surface area contributed by atoms with E-state index in [0.29, 0.717) is 6.42 Å². The summed E-state index contributed by atoms with van der Waals surface area (Å²) in [6.07, 6.45) is 0.310. The first kappa shape index (κ1) is 30.0. The molecule has 1 fully saturated rings. The van der Waals surface area contributed by atoms with E-state index in [1.807, 2.05) is 44.2 Å². The van der Waals surface area contributed by atoms with Gasteiger partial charge in [0.05, 0.1) is 11.1 Å². The summed E-state index contributed by atoms with van der Waals surface area (Å²) < 4.78 is 37.4. The Morgan fingerprint density at radius 2 is 1.70 bits per heavy atom. The largest absolute Gasteiger partial charge is 0.459 e. The Morgan fingerprint density at radius 3 is 2.30 bits per heavy atom. The third-order valence-electron chi connectivity index (χ3n) is 7.56. The van der Waals surface area contributed by atoms with Crippen LogP contribution in [0.1, 0.15) is 63.6 Å². The highest BCUT2D eigenvalue weighted by Crippen LogP contribution is 2.53. The van der Waals surface area contributed by atoms with Crippen molar-refractivity contribution in [1.29, 1.82) is 5.26 Å². The maximum absolute atomic E-state index is 15.8. The van der Waals surface area contributed by atoms with Crippen LogP contribution in [0.5, 0.6) is 0 Å². The molecule has 0 amide bonds. The fraction of sp³-hybridized carbons (Fsp3) is 0.375. The molecule has 1 aliphatic rings. The molecule has 0 aromatic heterocycles. The lowest BCUT2D eigenvalue weighted by Gasteiger charge is -2.38. The van der Waals surface area contributed by atoms with Crippen LogP contribution >= 0.6 is 23.2 Å². The third-order valence-corrected chi connectivity index (χ3v) is 8.09. The molecule has 4 nitrogen and oxygen atoms in total. The zero-order valence-electron chi connectivity index (χ0n) is 23.1. The first-order valence-electron chi connectivity index (χ1n) is 13.1. The summed E-state index contributed by atoms with van der Waals surface area (Å²) >= 11 is 12.3. The molecule has 1 N–H and O–H groups in total. The molecule has 0 aliphatic carbocycles. The second-order valence-corrected chi connectivity index (χ2v) is 12.8. The standard InChI is InChI=1S/C32H32Cl2F2N2O2/c1-30(2,3)40-29(39)28-26(21-12-9-13-23(34)27(21)36)32(18-37,22-15-14-20(33)16-24(22)35)25(38-28)17-31(4,5)19-10-7-6-8-11-19/h6-16,25-26,28,38H,17H2,1-5H3/t25-,26-,28+,32-/m0/s1. The smallest absolute Gasteiger partial charge is 0.324 e. The van der Waals surface area contributed by atoms with Gasteiger partial charge in [0.2, 0.25) is 0 Å². The lowest BCUT2D eigenvalue weighted by molar-refractivity contribution is -0.157. The minimum absolute atomic E-state index is 0.0104. The number of esters is 1. The molecule has 1 saturated heterocycles. The van der Waals surface area contributed by atoms with Gasteiger partial charge in [0.25, 0.3) is 0 Å². The Kier molecular flexibility index (Phi) is 8.34. The lowest BCUT2D eigenvalue weighted by Crippen LogP contribution is -2.46. The van der Waals surface area contributed by atoms with E-state index in [1.165, 1.54) is 24.3 Å². The summed E-state index contributed by atoms with van der Waals surface area (Å²) in [5, 5.41) is 14.3. The topological polar surface area (TPSA) is 62.1 Å². The van der Waals surface area contributed by atoms with E-state index in [4.69, 9.17) is 27.9 Å². The number of carbonyl (C=O) groups is 1. The predicted molar refractivity (Wildman–Crippen MR) is 153 cm³/mol. The molecule has 3 aromatic carbocycles. The van der Waals surface area contributed by atoms with Gasteiger partial charge in [0.15, 0.2) is 0 Å². The van der Waals surface area contributed by atoms with Gasteiger partial charge in [-0.1, -0.05) is 85.6 Å². The summed E-state index contributed by atoms with van der Waals surface area (Å²) in [6, 6.07) is 18.6. The van der Waals surface area contributed by atoms with E-state index < -0.39 is 52.0 Å². The number of hydrogen-bond acceptors (Lipinski definition) is 4. The van der Waals surface area contributed by atoms with Crippen molar-refractivity contribution in [2.45, 2.75) is 75.5 Å². The molecule has 0 saturated carbocycles. The molecule has 0 spiro atoms. The summed E-state index contributed by atoms with van der Waals surface area (Å²) in [5.74, 6) is -3.36. The Hall–Kier alpha value is -2.98. The van der Waals surface area contributed by atoms with E-state index in [9.17, 15) is 10.1 Å². The highest BCUT2D eigenvalue weighted by Gasteiger charge is 2.62. The molecule has 0 unspecified atom stereocenters. The Bertz CT molecular complexity index is 1450. The van der Waals surface area contributed by atoms with Crippen molar-refractivity contribution in [3.8, 4) is 6.07 Å². The van der Waals surface area contributed by atoms with Crippen LogP contribution in [-0.4, -0.2) is 23.7 Å². The van der Waals surface area contributed by atoms with Crippen LogP contribution in [0, 0.1) is 23.0 Å². The van der Waals surface area contributed by atoms with Crippen molar-refractivity contribution in [1.82, 2.24) is 5.32 Å². The first-order valence-corrected chi connectivity index (χ1v) is 13.8. The number of nitrogens with one attached hydrogen (secondary N) is 1. The number of ether oxygens (including phenoxy) is 1. The summed E-state index contributed by atoms with van der Waals surface area (Å²) in [5.41, 5.74) is -2.11. The number of nitrogens with zero attached hydrogens (tertiary/aromatic N) is 1. The minimum atomic E-state index is -1.74. The summed E-state index contributed by atoms with van der Waals surface area (Å²) in [4.78, 5) is 13.7. The van der Waals surface area contributed by atoms with Crippen molar-refractivity contribution in [3.05, 3.63) is 105 Å². The minimum Gasteiger partial charge on any atom is -0.459 e. The van der Waals surface area contributed by atoms with Gasteiger partial charge in [-0.25, -0.2) is 8.78 Å². The van der Waals surface area contributed by atoms with Crippen LogP contribution in [0.25, 0.3) is 0 Å². The number of carbonyl (C=O) groups excluding carboxylic acids is 1. The van der Waals surface area contributed by atoms with Gasteiger partial charge < -0.3 is 4.74 Å². The van der Waals surface area contributed by atoms with Crippen LogP contribution in [-0.2, 0) is 20.4 Å². The number of hydrogen-bond donors (Lipinski definition) is 1. The number of rotatable bonds is 6. The van der Waals surface area contributed by atoms with Gasteiger partial charge in [-0.2, -0.15) is 5.26 Å². The lowest BCUT2D eigenvalue weighted by atomic mass is 9.62. The first-order chi connectivity index (χ1) is 18.7. The van der Waals surface area contributed by atoms with E-state index in [1.54, 1.807) is 26.8 Å². The predicted octanol–water partition coefficient (Wildman–Crippen LogP) is 7.87. The van der Waals surface area contributed by atoms with Gasteiger partial charge in [0, 0.05) is 22.5 Å². The zero-order chi connectivity index (χ0) is 29.5. The normalized spacial score (nSPS) is 23.1. The highest BCUT2D eigenvalue weighted by atomic mass is 35.5. The van der Waals surface area contributed by atoms with Crippen LogP contribution in [0.3, 0.4) is 0 Å². The third kappa shape index (κ3) is 5.61. The molecule has 1 heterocycles. The van der Waals surface area contributed by atoms with Crippen molar-refractivity contribution in [2.75, 3.05) is 0 Å². The number of halogens is 4. The molecule has 3 aromatic rings. The SMILES string of the molecule is CC(C)(C)OC(=O)[C@@H]1N[C@@H](CC(C)(C)c2ccccc2)[C@](C#N)(c2ccc(Cl)cc2F)[C@H]1c1cccc(Cl)c1F. The second kappa shape index (κ2) is 11.1. The van der Waals surface area contributed by atoms with Crippen LogP contribution in [0.15, 0.2) is 66.7 Å². The van der Waals surface area contributed by atoms with Gasteiger partial charge in [0.1, 0.15) is 28.7 Å². The fourth-order valence-corrected chi connectivity index (χ4v) is 6.14. The molecule has 8 heteroatoms. The van der Waals surface area contributed by atoms with Crippen LogP contribution < -0.4 is 5.32 Å². The average molecular weight is 586 g/mol. The van der Waals surface area contributed by atoms with Crippen molar-refractivity contribution < 1.29 is 18.3 Å². The molecule has 210 valence electrons. The zero-order valence-corrected chi connectivity index (χ0v) is 24.6. The van der Waals surface area contributed by atoms with Gasteiger partial charge in [-0.15, -0.1) is 0 Å². The Morgan fingerprint density at radius 1 is 1.02 bits per heavy atom. The summed E-state index contributed by atoms with van der Waals surface area (Å²) in [7, 11) is 0. The van der Waals surface area contributed by atoms with Gasteiger partial charge in [-0.3, -0.25) is 10.1 Å². The van der Waals surface area contributed by atoms with Crippen molar-refractivity contribution in [3.63, 3.8) is 0 Å². The maximum atomic E-state index is 15.8. The molecule has 0 radical (unpaired) electrons. The van der Waals surface area contributed by atoms with E-state index in [2.05, 4.69) is 11.4 Å². The van der Waals surface area contributed by atoms with E-state index in [0.717, 1.165) is 11.6 Å². The molecule has 40 heavy (non-hydrogen) atoms. The average Bonchev–Trinajstić information content (AvgIpc) is 3.19. The molecule has 4 atom stereocenters. The molecular weight excluding hydrogens is 553 g/mol. The van der Waals surface area contributed by atoms with Crippen molar-refractivity contribution >= 4 is 29.2 Å². The van der Waals surface area contributed by atoms with Crippen molar-refractivity contribution in [2.24, 2.45) is 0 Å². The van der Waals surface area contributed by atoms with Crippen LogP contribution in [0.2, 0.25) is 10.0 Å². The second-order valence-electron chi connectivity index (χ2n) is 11.9. The maximum Gasteiger partial charge on any atom is 0.324 e. The number of nitriles is 1. The fourth-order valence-electron chi connectivity index (χ4n) is 5.80. The monoisotopic (exact) mass is 584 g/mol. The number of benzene rings is 3. The molecular formula is C32H32Cl2F2N2O2.